The average molecular weight is 300 g/mol. The number of nitrogens with one attached hydrogen (secondary N) is 1. The molecule has 0 spiro atoms. The van der Waals surface area contributed by atoms with E-state index >= 15 is 0 Å². The zero-order chi connectivity index (χ0) is 16.3. The van der Waals surface area contributed by atoms with Gasteiger partial charge < -0.3 is 5.11 Å². The Labute approximate surface area is 124 Å². The van der Waals surface area contributed by atoms with Gasteiger partial charge in [0.25, 0.3) is 0 Å². The molecule has 0 fully saturated rings. The average Bonchev–Trinajstić information content (AvgIpc) is 2.37. The Balaban J connectivity index is 3.64. The molecule has 21 heavy (non-hydrogen) atoms. The van der Waals surface area contributed by atoms with Gasteiger partial charge in [0.15, 0.2) is 0 Å². The summed E-state index contributed by atoms with van der Waals surface area (Å²) in [6.45, 7) is 2.41. The molecule has 0 radical (unpaired) electrons. The van der Waals surface area contributed by atoms with Gasteiger partial charge in [-0.25, -0.2) is 0 Å². The van der Waals surface area contributed by atoms with Gasteiger partial charge in [0, 0.05) is 26.7 Å². The molecule has 0 heterocycles. The minimum atomic E-state index is -0.771. The van der Waals surface area contributed by atoms with Crippen molar-refractivity contribution in [2.24, 2.45) is 0 Å². The first kappa shape index (κ1) is 19.1. The molecule has 0 bridgehead atoms. The van der Waals surface area contributed by atoms with Gasteiger partial charge in [-0.1, -0.05) is 25.7 Å². The smallest absolute Gasteiger partial charge is 0.303 e. The number of hydrogen-bond acceptors (Lipinski definition) is 4. The lowest BCUT2D eigenvalue weighted by Gasteiger charge is -2.17. The lowest BCUT2D eigenvalue weighted by molar-refractivity contribution is -0.151. The van der Waals surface area contributed by atoms with Crippen LogP contribution in [0.3, 0.4) is 0 Å². The number of nitrogens with zero attached hydrogens (tertiary/aromatic N) is 1. The second kappa shape index (κ2) is 10.8. The van der Waals surface area contributed by atoms with Crippen LogP contribution in [-0.4, -0.2) is 33.8 Å². The van der Waals surface area contributed by atoms with Gasteiger partial charge in [0.05, 0.1) is 0 Å². The molecule has 0 aliphatic rings. The highest BCUT2D eigenvalue weighted by atomic mass is 16.4. The van der Waals surface area contributed by atoms with Crippen molar-refractivity contribution in [2.45, 2.75) is 65.2 Å². The van der Waals surface area contributed by atoms with Gasteiger partial charge in [-0.3, -0.25) is 24.6 Å². The molecule has 0 saturated carbocycles. The Kier molecular flexibility index (Phi) is 9.83. The highest BCUT2D eigenvalue weighted by Crippen LogP contribution is 2.08. The fraction of sp³-hybridized carbons (Fsp3) is 0.714. The van der Waals surface area contributed by atoms with Crippen molar-refractivity contribution in [3.63, 3.8) is 0 Å². The summed E-state index contributed by atoms with van der Waals surface area (Å²) in [5.41, 5.74) is 2.27. The fourth-order valence-corrected chi connectivity index (χ4v) is 1.83. The van der Waals surface area contributed by atoms with E-state index in [1.807, 2.05) is 0 Å². The van der Waals surface area contributed by atoms with Crippen LogP contribution in [0.4, 0.5) is 0 Å². The molecule has 0 saturated heterocycles. The molecule has 0 aliphatic carbocycles. The monoisotopic (exact) mass is 300 g/mol. The second-order valence-electron chi connectivity index (χ2n) is 4.92. The van der Waals surface area contributed by atoms with Crippen LogP contribution in [0.1, 0.15) is 65.2 Å². The number of rotatable bonds is 9. The molecular weight excluding hydrogens is 276 g/mol. The van der Waals surface area contributed by atoms with Gasteiger partial charge in [-0.05, 0) is 12.8 Å². The maximum Gasteiger partial charge on any atom is 0.303 e. The van der Waals surface area contributed by atoms with E-state index < -0.39 is 17.8 Å². The molecule has 2 N–H and O–H groups in total. The molecular formula is C14H24N2O5. The van der Waals surface area contributed by atoms with Crippen molar-refractivity contribution >= 4 is 23.7 Å². The van der Waals surface area contributed by atoms with Crippen LogP contribution in [0.2, 0.25) is 0 Å². The maximum atomic E-state index is 11.6. The van der Waals surface area contributed by atoms with E-state index in [9.17, 15) is 19.2 Å². The predicted octanol–water partition coefficient (Wildman–Crippen LogP) is 1.62. The molecule has 7 nitrogen and oxygen atoms in total. The van der Waals surface area contributed by atoms with Gasteiger partial charge in [-0.15, -0.1) is 0 Å². The number of hydrogen-bond donors (Lipinski definition) is 2. The van der Waals surface area contributed by atoms with Gasteiger partial charge in [-0.2, -0.15) is 5.01 Å². The van der Waals surface area contributed by atoms with Crippen LogP contribution in [0.25, 0.3) is 0 Å². The molecule has 0 rings (SSSR count). The fourth-order valence-electron chi connectivity index (χ4n) is 1.83. The third-order valence-corrected chi connectivity index (χ3v) is 2.91. The van der Waals surface area contributed by atoms with E-state index in [0.717, 1.165) is 25.7 Å². The highest BCUT2D eigenvalue weighted by molar-refractivity contribution is 5.95. The molecule has 0 unspecified atom stereocenters. The number of carboxylic acid groups (broad SMARTS) is 1. The van der Waals surface area contributed by atoms with Crippen LogP contribution >= 0.6 is 0 Å². The first-order chi connectivity index (χ1) is 9.84. The van der Waals surface area contributed by atoms with Gasteiger partial charge in [0.2, 0.25) is 17.7 Å². The summed E-state index contributed by atoms with van der Waals surface area (Å²) in [4.78, 5) is 44.0. The third kappa shape index (κ3) is 10.5. The number of carbonyl (C=O) groups excluding carboxylic acids is 3. The lowest BCUT2D eigenvalue weighted by Crippen LogP contribution is -2.47. The van der Waals surface area contributed by atoms with Crippen molar-refractivity contribution in [1.82, 2.24) is 10.4 Å². The minimum Gasteiger partial charge on any atom is -0.481 e. The zero-order valence-corrected chi connectivity index (χ0v) is 12.7. The Morgan fingerprint density at radius 1 is 0.810 bits per heavy atom. The number of amides is 3. The van der Waals surface area contributed by atoms with Crippen LogP contribution in [-0.2, 0) is 19.2 Å². The summed E-state index contributed by atoms with van der Waals surface area (Å²) in [6, 6.07) is 0. The van der Waals surface area contributed by atoms with E-state index in [4.69, 9.17) is 5.11 Å². The Morgan fingerprint density at radius 3 is 1.67 bits per heavy atom. The highest BCUT2D eigenvalue weighted by Gasteiger charge is 2.15. The summed E-state index contributed by atoms with van der Waals surface area (Å²) in [7, 11) is 0. The van der Waals surface area contributed by atoms with Crippen LogP contribution in [0.5, 0.6) is 0 Å². The summed E-state index contributed by atoms with van der Waals surface area (Å²) < 4.78 is 0. The topological polar surface area (TPSA) is 104 Å². The van der Waals surface area contributed by atoms with Crippen molar-refractivity contribution < 1.29 is 24.3 Å². The zero-order valence-electron chi connectivity index (χ0n) is 12.7. The number of carboxylic acids is 1. The molecule has 7 heteroatoms. The predicted molar refractivity (Wildman–Crippen MR) is 75.9 cm³/mol. The second-order valence-corrected chi connectivity index (χ2v) is 4.92. The van der Waals surface area contributed by atoms with E-state index in [-0.39, 0.29) is 18.7 Å². The number of imide groups is 1. The normalized spacial score (nSPS) is 10.0. The van der Waals surface area contributed by atoms with Crippen molar-refractivity contribution in [1.29, 1.82) is 0 Å². The number of aliphatic carboxylic acids is 1. The van der Waals surface area contributed by atoms with Crippen LogP contribution < -0.4 is 5.43 Å². The van der Waals surface area contributed by atoms with Crippen molar-refractivity contribution in [2.75, 3.05) is 0 Å². The first-order valence-electron chi connectivity index (χ1n) is 7.17. The molecule has 0 aromatic carbocycles. The van der Waals surface area contributed by atoms with Crippen molar-refractivity contribution in [3.8, 4) is 0 Å². The summed E-state index contributed by atoms with van der Waals surface area (Å²) in [5.74, 6) is -2.16. The van der Waals surface area contributed by atoms with Crippen molar-refractivity contribution in [3.05, 3.63) is 0 Å². The quantitative estimate of drug-likeness (QED) is 0.497. The standard InChI is InChI=1S/C14H24N2O5/c1-11(17)16(12(2)18)15-13(19)9-7-5-3-4-6-8-10-14(20)21/h3-10H2,1-2H3,(H,15,19)(H,20,21). The molecule has 120 valence electrons. The van der Waals surface area contributed by atoms with E-state index in [2.05, 4.69) is 5.43 Å². The molecule has 0 aromatic heterocycles. The third-order valence-electron chi connectivity index (χ3n) is 2.91. The first-order valence-corrected chi connectivity index (χ1v) is 7.17. The van der Waals surface area contributed by atoms with Gasteiger partial charge in [0.1, 0.15) is 0 Å². The molecule has 0 aliphatic heterocycles. The molecule has 0 atom stereocenters. The summed E-state index contributed by atoms with van der Waals surface area (Å²) in [6.07, 6.45) is 5.44. The van der Waals surface area contributed by atoms with Crippen LogP contribution in [0, 0.1) is 0 Å². The van der Waals surface area contributed by atoms with E-state index in [0.29, 0.717) is 17.9 Å². The largest absolute Gasteiger partial charge is 0.481 e. The Bertz CT molecular complexity index is 368. The lowest BCUT2D eigenvalue weighted by atomic mass is 10.1. The number of carbonyl (C=O) groups is 4. The SMILES string of the molecule is CC(=O)N(NC(=O)CCCCCCCCC(=O)O)C(C)=O. The Morgan fingerprint density at radius 2 is 1.24 bits per heavy atom. The molecule has 0 aromatic rings. The minimum absolute atomic E-state index is 0.203. The molecule has 3 amide bonds. The van der Waals surface area contributed by atoms with E-state index in [1.54, 1.807) is 0 Å². The number of hydrazine groups is 1. The summed E-state index contributed by atoms with van der Waals surface area (Å²) in [5, 5.41) is 9.17. The maximum absolute atomic E-state index is 11.6. The number of unbranched alkanes of at least 4 members (excludes halogenated alkanes) is 5. The van der Waals surface area contributed by atoms with Gasteiger partial charge >= 0.3 is 5.97 Å². The Hall–Kier alpha value is -1.92. The summed E-state index contributed by atoms with van der Waals surface area (Å²) >= 11 is 0. The van der Waals surface area contributed by atoms with E-state index in [1.165, 1.54) is 13.8 Å². The van der Waals surface area contributed by atoms with Crippen LogP contribution in [0.15, 0.2) is 0 Å².